The number of likely N-dealkylation sites (tertiary alicyclic amines) is 1. The minimum absolute atomic E-state index is 0. The Morgan fingerprint density at radius 1 is 1.29 bits per heavy atom. The molecule has 0 saturated carbocycles. The van der Waals surface area contributed by atoms with E-state index in [9.17, 15) is 4.79 Å². The summed E-state index contributed by atoms with van der Waals surface area (Å²) >= 11 is 0. The van der Waals surface area contributed by atoms with Crippen LogP contribution in [0.15, 0.2) is 24.3 Å². The molecule has 1 aromatic carbocycles. The third-order valence-corrected chi connectivity index (χ3v) is 4.44. The molecule has 0 unspecified atom stereocenters. The maximum atomic E-state index is 10.7. The minimum Gasteiger partial charge on any atom is -1.00 e. The van der Waals surface area contributed by atoms with Crippen molar-refractivity contribution in [2.75, 3.05) is 31.6 Å². The van der Waals surface area contributed by atoms with Gasteiger partial charge in [0.25, 0.3) is 0 Å². The second kappa shape index (κ2) is 12.5. The van der Waals surface area contributed by atoms with E-state index in [1.807, 2.05) is 12.1 Å². The van der Waals surface area contributed by atoms with Crippen LogP contribution in [-0.2, 0) is 17.9 Å². The third-order valence-electron chi connectivity index (χ3n) is 4.44. The van der Waals surface area contributed by atoms with E-state index in [1.165, 1.54) is 42.6 Å². The summed E-state index contributed by atoms with van der Waals surface area (Å²) in [4.78, 5) is 13.2. The van der Waals surface area contributed by atoms with Gasteiger partial charge >= 0.3 is 57.4 Å². The number of piperidine rings is 1. The van der Waals surface area contributed by atoms with Gasteiger partial charge in [0.2, 0.25) is 5.95 Å². The number of rotatable bonds is 10. The zero-order chi connectivity index (χ0) is 18.9. The summed E-state index contributed by atoms with van der Waals surface area (Å²) in [6, 6.07) is 8.26. The molecule has 2 aromatic rings. The second-order valence-electron chi connectivity index (χ2n) is 6.67. The molecular formula is C18H27KN6O3. The van der Waals surface area contributed by atoms with Crippen LogP contribution in [0.25, 0.3) is 0 Å². The van der Waals surface area contributed by atoms with Gasteiger partial charge in [0.05, 0.1) is 6.61 Å². The molecule has 0 spiro atoms. The van der Waals surface area contributed by atoms with E-state index in [0.717, 1.165) is 18.7 Å². The monoisotopic (exact) mass is 414 g/mol. The predicted molar refractivity (Wildman–Crippen MR) is 101 cm³/mol. The summed E-state index contributed by atoms with van der Waals surface area (Å²) in [5.41, 5.74) is 1.28. The summed E-state index contributed by atoms with van der Waals surface area (Å²) in [5.74, 6) is 0.235. The molecule has 0 radical (unpaired) electrons. The van der Waals surface area contributed by atoms with Gasteiger partial charge in [-0.05, 0) is 60.5 Å². The summed E-state index contributed by atoms with van der Waals surface area (Å²) in [7, 11) is 0. The number of hydrogen-bond donors (Lipinski definition) is 2. The van der Waals surface area contributed by atoms with E-state index in [2.05, 4.69) is 37.9 Å². The van der Waals surface area contributed by atoms with Crippen LogP contribution in [0.3, 0.4) is 0 Å². The Balaban J connectivity index is 0.00000210. The van der Waals surface area contributed by atoms with Gasteiger partial charge in [-0.15, -0.1) is 0 Å². The van der Waals surface area contributed by atoms with Crippen molar-refractivity contribution < 1.29 is 67.4 Å². The molecule has 2 N–H and O–H groups in total. The van der Waals surface area contributed by atoms with E-state index in [0.29, 0.717) is 19.1 Å². The summed E-state index contributed by atoms with van der Waals surface area (Å²) in [6.07, 6.45) is 4.67. The Morgan fingerprint density at radius 3 is 2.89 bits per heavy atom. The van der Waals surface area contributed by atoms with Gasteiger partial charge in [0.1, 0.15) is 12.3 Å². The van der Waals surface area contributed by atoms with Crippen LogP contribution in [-0.4, -0.2) is 62.4 Å². The first-order valence-corrected chi connectivity index (χ1v) is 9.36. The number of aliphatic carboxylic acids is 1. The number of ether oxygens (including phenoxy) is 1. The topological polar surface area (TPSA) is 105 Å². The molecule has 1 aromatic heterocycles. The molecule has 0 atom stereocenters. The van der Waals surface area contributed by atoms with Crippen LogP contribution in [0, 0.1) is 0 Å². The molecule has 28 heavy (non-hydrogen) atoms. The van der Waals surface area contributed by atoms with Crippen LogP contribution in [0.5, 0.6) is 5.75 Å². The van der Waals surface area contributed by atoms with Gasteiger partial charge in [-0.3, -0.25) is 9.69 Å². The van der Waals surface area contributed by atoms with Crippen molar-refractivity contribution >= 4 is 11.9 Å². The van der Waals surface area contributed by atoms with Crippen molar-refractivity contribution in [1.82, 2.24) is 25.1 Å². The number of nitrogens with zero attached hydrogens (tertiary/aromatic N) is 5. The van der Waals surface area contributed by atoms with Crippen molar-refractivity contribution in [1.29, 1.82) is 0 Å². The quantitative estimate of drug-likeness (QED) is 0.367. The number of carbonyl (C=O) groups is 1. The van der Waals surface area contributed by atoms with Crippen molar-refractivity contribution in [3.05, 3.63) is 29.8 Å². The van der Waals surface area contributed by atoms with E-state index in [1.54, 1.807) is 0 Å². The second-order valence-corrected chi connectivity index (χ2v) is 6.67. The molecule has 1 aliphatic heterocycles. The Hall–Kier alpha value is -1.04. The smallest absolute Gasteiger partial charge is 1.00 e. The van der Waals surface area contributed by atoms with Crippen molar-refractivity contribution in [3.63, 3.8) is 0 Å². The van der Waals surface area contributed by atoms with E-state index in [-0.39, 0.29) is 59.4 Å². The first-order chi connectivity index (χ1) is 13.2. The summed E-state index contributed by atoms with van der Waals surface area (Å²) in [5, 5.41) is 22.7. The number of hydrogen-bond acceptors (Lipinski definition) is 7. The molecular weight excluding hydrogens is 387 g/mol. The van der Waals surface area contributed by atoms with Crippen LogP contribution < -0.4 is 61.4 Å². The van der Waals surface area contributed by atoms with Crippen LogP contribution >= 0.6 is 0 Å². The predicted octanol–water partition coefficient (Wildman–Crippen LogP) is -1.26. The Labute approximate surface area is 208 Å². The van der Waals surface area contributed by atoms with Crippen LogP contribution in [0.4, 0.5) is 5.95 Å². The molecule has 2 heterocycles. The molecule has 1 fully saturated rings. The maximum Gasteiger partial charge on any atom is 1.00 e. The summed E-state index contributed by atoms with van der Waals surface area (Å²) < 4.78 is 7.05. The first kappa shape index (κ1) is 23.2. The zero-order valence-electron chi connectivity index (χ0n) is 17.4. The van der Waals surface area contributed by atoms with E-state index < -0.39 is 5.97 Å². The first-order valence-electron chi connectivity index (χ1n) is 9.36. The third kappa shape index (κ3) is 7.76. The molecule has 1 aliphatic rings. The number of benzene rings is 1. The zero-order valence-corrected chi connectivity index (χ0v) is 19.5. The molecule has 0 aliphatic carbocycles. The van der Waals surface area contributed by atoms with Gasteiger partial charge in [-0.25, -0.2) is 4.68 Å². The van der Waals surface area contributed by atoms with Crippen LogP contribution in [0.1, 0.15) is 32.7 Å². The van der Waals surface area contributed by atoms with Gasteiger partial charge in [-0.1, -0.05) is 23.7 Å². The number of carboxylic acid groups (broad SMARTS) is 1. The fraction of sp³-hybridized carbons (Fsp3) is 0.556. The molecule has 148 valence electrons. The van der Waals surface area contributed by atoms with Crippen molar-refractivity contribution in [2.45, 2.75) is 38.8 Å². The van der Waals surface area contributed by atoms with Gasteiger partial charge in [0.15, 0.2) is 0 Å². The van der Waals surface area contributed by atoms with E-state index >= 15 is 0 Å². The number of aromatic nitrogens is 4. The SMILES string of the molecule is O=C(O)Cn1nnnc1NCCCOc1cccc(CN2CCCCC2)c1.[H-].[K+]. The average Bonchev–Trinajstić information content (AvgIpc) is 3.09. The number of tetrazole rings is 1. The van der Waals surface area contributed by atoms with E-state index in [4.69, 9.17) is 9.84 Å². The molecule has 0 amide bonds. The minimum atomic E-state index is -0.988. The molecule has 3 rings (SSSR count). The standard InChI is InChI=1S/C18H26N6O3.K.H/c25-17(26)14-24-18(20-21-22-24)19-8-5-11-27-16-7-4-6-15(12-16)13-23-9-2-1-3-10-23;;/h4,6-7,12H,1-3,5,8-11,13-14H2,(H,25,26)(H,19,20,22);;/q;+1;-1. The number of anilines is 1. The Kier molecular flexibility index (Phi) is 10.4. The van der Waals surface area contributed by atoms with Crippen molar-refractivity contribution in [2.24, 2.45) is 0 Å². The maximum absolute atomic E-state index is 10.7. The number of nitrogens with one attached hydrogen (secondary N) is 1. The Morgan fingerprint density at radius 2 is 2.11 bits per heavy atom. The fourth-order valence-corrected chi connectivity index (χ4v) is 3.14. The fourth-order valence-electron chi connectivity index (χ4n) is 3.14. The van der Waals surface area contributed by atoms with Gasteiger partial charge in [-0.2, -0.15) is 0 Å². The van der Waals surface area contributed by atoms with Gasteiger partial charge in [0, 0.05) is 13.1 Å². The Bertz CT molecular complexity index is 742. The molecule has 9 nitrogen and oxygen atoms in total. The molecule has 1 saturated heterocycles. The van der Waals surface area contributed by atoms with Crippen LogP contribution in [0.2, 0.25) is 0 Å². The molecule has 0 bridgehead atoms. The average molecular weight is 415 g/mol. The largest absolute Gasteiger partial charge is 1.00 e. The summed E-state index contributed by atoms with van der Waals surface area (Å²) in [6.45, 7) is 4.21. The van der Waals surface area contributed by atoms with Gasteiger partial charge < -0.3 is 16.6 Å². The molecule has 10 heteroatoms. The van der Waals surface area contributed by atoms with Crippen molar-refractivity contribution in [3.8, 4) is 5.75 Å². The normalized spacial score (nSPS) is 14.3. The number of carboxylic acids is 1.